The Kier molecular flexibility index (Phi) is 133. The van der Waals surface area contributed by atoms with Gasteiger partial charge in [-0.3, -0.25) is 0 Å². The summed E-state index contributed by atoms with van der Waals surface area (Å²) in [7, 11) is 0. The molecular formula is C6H24CoI4N6. The Hall–Kier alpha value is 3.19. The third kappa shape index (κ3) is 148. The number of nitrogens with two attached hydrogens (primary N) is 6. The number of rotatable bonds is 3. The van der Waals surface area contributed by atoms with E-state index in [4.69, 9.17) is 34.4 Å². The summed E-state index contributed by atoms with van der Waals surface area (Å²) >= 11 is 5.30. The molecule has 0 saturated heterocycles. The second-order valence-electron chi connectivity index (χ2n) is 1.79. The van der Waals surface area contributed by atoms with Crippen LogP contribution in [0.2, 0.25) is 0 Å². The number of halogens is 4. The van der Waals surface area contributed by atoms with Gasteiger partial charge >= 0.3 is 67.3 Å². The van der Waals surface area contributed by atoms with Gasteiger partial charge in [-0.15, -0.1) is 0 Å². The van der Waals surface area contributed by atoms with Crippen molar-refractivity contribution in [1.29, 1.82) is 0 Å². The molecule has 11 heteroatoms. The molecule has 0 fully saturated rings. The molecule has 17 heavy (non-hydrogen) atoms. The van der Waals surface area contributed by atoms with Crippen LogP contribution in [0.15, 0.2) is 0 Å². The predicted molar refractivity (Wildman–Crippen MR) is 82.4 cm³/mol. The van der Waals surface area contributed by atoms with E-state index in [2.05, 4.69) is 37.2 Å². The molecule has 6 nitrogen and oxygen atoms in total. The average molecular weight is 747 g/mol. The van der Waals surface area contributed by atoms with Gasteiger partial charge in [-0.2, -0.15) is 0 Å². The molecule has 0 aliphatic heterocycles. The molecule has 0 spiro atoms. The van der Waals surface area contributed by atoms with Gasteiger partial charge in [0.15, 0.2) is 0 Å². The third-order valence-electron chi connectivity index (χ3n) is 0.500. The molecule has 12 N–H and O–H groups in total. The molecule has 0 saturated carbocycles. The number of hydrogen-bond acceptors (Lipinski definition) is 6. The molecule has 1 radical (unpaired) electrons. The summed E-state index contributed by atoms with van der Waals surface area (Å²) in [5.74, 6) is 0. The SMILES string of the molecule is I[I-]I.NCCN.NCCN.NCCN.[Co+2].[I-]. The maximum absolute atomic E-state index is 4.90. The van der Waals surface area contributed by atoms with E-state index < -0.39 is 0 Å². The molecule has 0 aromatic rings. The van der Waals surface area contributed by atoms with Crippen LogP contribution in [0, 0.1) is 0 Å². The van der Waals surface area contributed by atoms with E-state index in [0.29, 0.717) is 52.5 Å². The molecule has 115 valence electrons. The Labute approximate surface area is 162 Å². The second-order valence-corrected chi connectivity index (χ2v) is 18.0. The van der Waals surface area contributed by atoms with Crippen molar-refractivity contribution in [3.05, 3.63) is 0 Å². The summed E-state index contributed by atoms with van der Waals surface area (Å²) in [6.07, 6.45) is 0. The van der Waals surface area contributed by atoms with E-state index in [1.54, 1.807) is 0 Å². The van der Waals surface area contributed by atoms with Crippen LogP contribution < -0.4 is 71.6 Å². The van der Waals surface area contributed by atoms with Crippen LogP contribution in [0.4, 0.5) is 0 Å². The van der Waals surface area contributed by atoms with Crippen LogP contribution in [0.25, 0.3) is 0 Å². The first kappa shape index (κ1) is 36.9. The van der Waals surface area contributed by atoms with Crippen LogP contribution in [0.3, 0.4) is 0 Å². The summed E-state index contributed by atoms with van der Waals surface area (Å²) in [6.45, 7) is 3.58. The fraction of sp³-hybridized carbons (Fsp3) is 1.00. The third-order valence-corrected chi connectivity index (χ3v) is 0.500. The zero-order valence-electron chi connectivity index (χ0n) is 9.55. The van der Waals surface area contributed by atoms with E-state index >= 15 is 0 Å². The van der Waals surface area contributed by atoms with Gasteiger partial charge in [0, 0.05) is 39.3 Å². The summed E-state index contributed by atoms with van der Waals surface area (Å²) in [6, 6.07) is 0. The molecule has 0 atom stereocenters. The smallest absolute Gasteiger partial charge is 1.00 e. The van der Waals surface area contributed by atoms with Gasteiger partial charge in [-0.05, 0) is 0 Å². The van der Waals surface area contributed by atoms with Crippen molar-refractivity contribution < 1.29 is 54.0 Å². The predicted octanol–water partition coefficient (Wildman–Crippen LogP) is -7.51. The topological polar surface area (TPSA) is 156 Å². The van der Waals surface area contributed by atoms with Gasteiger partial charge in [0.05, 0.1) is 0 Å². The minimum Gasteiger partial charge on any atom is -1.00 e. The summed E-state index contributed by atoms with van der Waals surface area (Å²) < 4.78 is 0. The first-order chi connectivity index (χ1) is 7.16. The van der Waals surface area contributed by atoms with E-state index in [-0.39, 0.29) is 40.8 Å². The molecule has 0 rings (SSSR count). The van der Waals surface area contributed by atoms with Crippen LogP contribution >= 0.6 is 37.2 Å². The van der Waals surface area contributed by atoms with Crippen molar-refractivity contribution in [2.75, 3.05) is 39.3 Å². The first-order valence-corrected chi connectivity index (χ1v) is 16.8. The van der Waals surface area contributed by atoms with Crippen molar-refractivity contribution >= 4 is 37.2 Å². The van der Waals surface area contributed by atoms with Gasteiger partial charge < -0.3 is 58.4 Å². The average Bonchev–Trinajstić information content (AvgIpc) is 2.30. The minimum absolute atomic E-state index is 0. The fourth-order valence-corrected chi connectivity index (χ4v) is 0. The Morgan fingerprint density at radius 3 is 0.647 bits per heavy atom. The molecule has 0 bridgehead atoms. The van der Waals surface area contributed by atoms with Gasteiger partial charge in [0.25, 0.3) is 0 Å². The molecule has 0 aliphatic carbocycles. The van der Waals surface area contributed by atoms with Crippen LogP contribution in [0.5, 0.6) is 0 Å². The Bertz CT molecular complexity index is 54.3. The van der Waals surface area contributed by atoms with Crippen molar-refractivity contribution in [3.63, 3.8) is 0 Å². The monoisotopic (exact) mass is 747 g/mol. The van der Waals surface area contributed by atoms with Crippen molar-refractivity contribution in [2.45, 2.75) is 0 Å². The Morgan fingerprint density at radius 2 is 0.647 bits per heavy atom. The Balaban J connectivity index is -0.0000000230. The fourth-order valence-electron chi connectivity index (χ4n) is 0. The quantitative estimate of drug-likeness (QED) is 0.158. The van der Waals surface area contributed by atoms with Crippen LogP contribution in [-0.2, 0) is 16.8 Å². The van der Waals surface area contributed by atoms with Crippen LogP contribution in [0.1, 0.15) is 0 Å². The van der Waals surface area contributed by atoms with Crippen molar-refractivity contribution in [2.24, 2.45) is 34.4 Å². The zero-order chi connectivity index (χ0) is 12.9. The number of hydrogen-bond donors (Lipinski definition) is 6. The standard InChI is InChI=1S/3C2H8N2.Co.I3.HI/c3*3-1-2-4;;1-3-2;/h3*1-4H2;;;1H/q;;;+2;-1;/p-1. The molecule has 0 aromatic heterocycles. The van der Waals surface area contributed by atoms with E-state index in [1.165, 1.54) is 0 Å². The van der Waals surface area contributed by atoms with Gasteiger partial charge in [0.2, 0.25) is 0 Å². The van der Waals surface area contributed by atoms with Crippen molar-refractivity contribution in [3.8, 4) is 0 Å². The first-order valence-electron chi connectivity index (χ1n) is 4.24. The second kappa shape index (κ2) is 61.2. The van der Waals surface area contributed by atoms with E-state index in [1.807, 2.05) is 0 Å². The minimum atomic E-state index is 0. The molecule has 0 amide bonds. The summed E-state index contributed by atoms with van der Waals surface area (Å²) in [5.41, 5.74) is 29.4. The molecule has 0 aromatic carbocycles. The van der Waals surface area contributed by atoms with E-state index in [9.17, 15) is 0 Å². The van der Waals surface area contributed by atoms with Crippen molar-refractivity contribution in [1.82, 2.24) is 0 Å². The van der Waals surface area contributed by atoms with Gasteiger partial charge in [-0.1, -0.05) is 0 Å². The Morgan fingerprint density at radius 1 is 0.588 bits per heavy atom. The zero-order valence-corrected chi connectivity index (χ0v) is 19.2. The normalized spacial score (nSPS) is 6.59. The van der Waals surface area contributed by atoms with E-state index in [0.717, 1.165) is 0 Å². The summed E-state index contributed by atoms with van der Waals surface area (Å²) in [5, 5.41) is 0. The molecule has 0 unspecified atom stereocenters. The largest absolute Gasteiger partial charge is 2.00 e. The maximum atomic E-state index is 4.90. The van der Waals surface area contributed by atoms with Gasteiger partial charge in [-0.25, -0.2) is 0 Å². The molecule has 0 heterocycles. The molecular weight excluding hydrogens is 723 g/mol. The summed E-state index contributed by atoms with van der Waals surface area (Å²) in [4.78, 5) is 0. The maximum Gasteiger partial charge on any atom is 2.00 e. The molecule has 0 aliphatic rings. The van der Waals surface area contributed by atoms with Gasteiger partial charge in [0.1, 0.15) is 0 Å². The van der Waals surface area contributed by atoms with Crippen LogP contribution in [-0.4, -0.2) is 39.3 Å².